The smallest absolute Gasteiger partial charge is 0.320 e. The summed E-state index contributed by atoms with van der Waals surface area (Å²) < 4.78 is 0. The molecule has 1 heterocycles. The normalized spacial score (nSPS) is 17.6. The first kappa shape index (κ1) is 13.8. The van der Waals surface area contributed by atoms with Crippen molar-refractivity contribution >= 4 is 12.0 Å². The van der Waals surface area contributed by atoms with Crippen molar-refractivity contribution in [2.24, 2.45) is 0 Å². The molecule has 1 aliphatic heterocycles. The van der Waals surface area contributed by atoms with Crippen LogP contribution in [0.25, 0.3) is 0 Å². The molecule has 0 saturated carbocycles. The van der Waals surface area contributed by atoms with E-state index in [1.54, 1.807) is 16.7 Å². The molecule has 2 amide bonds. The van der Waals surface area contributed by atoms with Crippen molar-refractivity contribution < 1.29 is 14.7 Å². The molecule has 1 aliphatic rings. The molecule has 17 heavy (non-hydrogen) atoms. The predicted octanol–water partition coefficient (Wildman–Crippen LogP) is 0.197. The summed E-state index contributed by atoms with van der Waals surface area (Å²) in [4.78, 5) is 26.3. The number of carbonyl (C=O) groups excluding carboxylic acids is 1. The van der Waals surface area contributed by atoms with Crippen molar-refractivity contribution in [1.29, 1.82) is 0 Å². The van der Waals surface area contributed by atoms with E-state index in [1.807, 2.05) is 6.92 Å². The van der Waals surface area contributed by atoms with Gasteiger partial charge in [-0.15, -0.1) is 0 Å². The lowest BCUT2D eigenvalue weighted by Gasteiger charge is -2.35. The van der Waals surface area contributed by atoms with Crippen LogP contribution < -0.4 is 5.32 Å². The fourth-order valence-corrected chi connectivity index (χ4v) is 2.04. The lowest BCUT2D eigenvalue weighted by molar-refractivity contribution is -0.138. The lowest BCUT2D eigenvalue weighted by Crippen LogP contribution is -2.53. The maximum Gasteiger partial charge on any atom is 0.320 e. The van der Waals surface area contributed by atoms with Gasteiger partial charge in [0, 0.05) is 38.8 Å². The van der Waals surface area contributed by atoms with Crippen LogP contribution in [0.2, 0.25) is 0 Å². The quantitative estimate of drug-likeness (QED) is 0.739. The Bertz CT molecular complexity index is 277. The van der Waals surface area contributed by atoms with Gasteiger partial charge in [-0.2, -0.15) is 0 Å². The molecule has 0 spiro atoms. The summed E-state index contributed by atoms with van der Waals surface area (Å²) in [5, 5.41) is 11.9. The molecule has 1 fully saturated rings. The van der Waals surface area contributed by atoms with Crippen molar-refractivity contribution in [3.63, 3.8) is 0 Å². The molecule has 6 nitrogen and oxygen atoms in total. The summed E-state index contributed by atoms with van der Waals surface area (Å²) in [5.41, 5.74) is 0. The Labute approximate surface area is 102 Å². The van der Waals surface area contributed by atoms with Crippen LogP contribution in [-0.4, -0.2) is 65.7 Å². The first-order chi connectivity index (χ1) is 8.06. The second-order valence-electron chi connectivity index (χ2n) is 4.25. The van der Waals surface area contributed by atoms with E-state index in [1.165, 1.54) is 0 Å². The third-order valence-electron chi connectivity index (χ3n) is 2.98. The number of nitrogens with one attached hydrogen (secondary N) is 1. The van der Waals surface area contributed by atoms with E-state index in [-0.39, 0.29) is 18.5 Å². The average molecular weight is 243 g/mol. The minimum absolute atomic E-state index is 0.00826. The van der Waals surface area contributed by atoms with Gasteiger partial charge in [0.05, 0.1) is 6.42 Å². The molecular weight excluding hydrogens is 222 g/mol. The number of rotatable bonds is 4. The predicted molar refractivity (Wildman–Crippen MR) is 63.9 cm³/mol. The largest absolute Gasteiger partial charge is 0.481 e. The van der Waals surface area contributed by atoms with E-state index < -0.39 is 5.97 Å². The van der Waals surface area contributed by atoms with Gasteiger partial charge in [0.1, 0.15) is 0 Å². The number of carboxylic acid groups (broad SMARTS) is 1. The van der Waals surface area contributed by atoms with Crippen LogP contribution in [0.3, 0.4) is 0 Å². The van der Waals surface area contributed by atoms with E-state index >= 15 is 0 Å². The second-order valence-corrected chi connectivity index (χ2v) is 4.25. The number of hydrogen-bond acceptors (Lipinski definition) is 3. The molecule has 1 rings (SSSR count). The van der Waals surface area contributed by atoms with Gasteiger partial charge in [-0.3, -0.25) is 4.79 Å². The molecule has 2 N–H and O–H groups in total. The van der Waals surface area contributed by atoms with Crippen LogP contribution in [0, 0.1) is 0 Å². The number of urea groups is 1. The third kappa shape index (κ3) is 3.89. The number of nitrogens with zero attached hydrogens (tertiary/aromatic N) is 2. The molecule has 1 saturated heterocycles. The number of aliphatic carboxylic acids is 1. The van der Waals surface area contributed by atoms with Crippen molar-refractivity contribution in [1.82, 2.24) is 15.1 Å². The van der Waals surface area contributed by atoms with Gasteiger partial charge < -0.3 is 20.2 Å². The zero-order valence-electron chi connectivity index (χ0n) is 10.5. The molecule has 1 atom stereocenters. The van der Waals surface area contributed by atoms with Crippen LogP contribution >= 0.6 is 0 Å². The number of carboxylic acids is 1. The Morgan fingerprint density at radius 2 is 2.00 bits per heavy atom. The highest BCUT2D eigenvalue weighted by Crippen LogP contribution is 2.08. The summed E-state index contributed by atoms with van der Waals surface area (Å²) in [5.74, 6) is -0.871. The first-order valence-corrected chi connectivity index (χ1v) is 6.04. The van der Waals surface area contributed by atoms with Gasteiger partial charge in [-0.25, -0.2) is 4.79 Å². The zero-order valence-corrected chi connectivity index (χ0v) is 10.5. The fraction of sp³-hybridized carbons (Fsp3) is 0.818. The molecule has 0 aliphatic carbocycles. The van der Waals surface area contributed by atoms with Crippen molar-refractivity contribution in [3.8, 4) is 0 Å². The number of amides is 2. The van der Waals surface area contributed by atoms with Gasteiger partial charge in [0.25, 0.3) is 0 Å². The van der Waals surface area contributed by atoms with Crippen LogP contribution in [0.5, 0.6) is 0 Å². The topological polar surface area (TPSA) is 72.9 Å². The molecule has 0 aromatic carbocycles. The summed E-state index contributed by atoms with van der Waals surface area (Å²) in [6.07, 6.45) is -0.00826. The molecule has 1 unspecified atom stereocenters. The highest BCUT2D eigenvalue weighted by Gasteiger charge is 2.26. The van der Waals surface area contributed by atoms with E-state index in [2.05, 4.69) is 5.32 Å². The van der Waals surface area contributed by atoms with E-state index in [0.717, 1.165) is 13.1 Å². The van der Waals surface area contributed by atoms with E-state index in [4.69, 9.17) is 5.11 Å². The molecule has 6 heteroatoms. The molecule has 0 radical (unpaired) electrons. The van der Waals surface area contributed by atoms with Crippen LogP contribution in [0.4, 0.5) is 4.79 Å². The van der Waals surface area contributed by atoms with Crippen molar-refractivity contribution in [2.45, 2.75) is 26.3 Å². The summed E-state index contributed by atoms with van der Waals surface area (Å²) in [6.45, 7) is 7.17. The van der Waals surface area contributed by atoms with Crippen molar-refractivity contribution in [2.75, 3.05) is 32.7 Å². The van der Waals surface area contributed by atoms with Crippen LogP contribution in [0.1, 0.15) is 20.3 Å². The minimum atomic E-state index is -0.871. The van der Waals surface area contributed by atoms with Crippen LogP contribution in [0.15, 0.2) is 0 Å². The SMILES string of the molecule is CCN(C(=O)N1CCNCC1)C(C)CC(=O)O. The Balaban J connectivity index is 2.58. The van der Waals surface area contributed by atoms with Gasteiger partial charge in [-0.05, 0) is 13.8 Å². The average Bonchev–Trinajstić information content (AvgIpc) is 2.30. The molecular formula is C11H21N3O3. The maximum absolute atomic E-state index is 12.2. The summed E-state index contributed by atoms with van der Waals surface area (Å²) in [6, 6.07) is -0.317. The summed E-state index contributed by atoms with van der Waals surface area (Å²) in [7, 11) is 0. The molecule has 98 valence electrons. The maximum atomic E-state index is 12.2. The highest BCUT2D eigenvalue weighted by molar-refractivity contribution is 5.76. The fourth-order valence-electron chi connectivity index (χ4n) is 2.04. The Hall–Kier alpha value is -1.30. The second kappa shape index (κ2) is 6.44. The number of carbonyl (C=O) groups is 2. The number of piperazine rings is 1. The lowest BCUT2D eigenvalue weighted by atomic mass is 10.2. The Morgan fingerprint density at radius 1 is 1.41 bits per heavy atom. The summed E-state index contributed by atoms with van der Waals surface area (Å²) >= 11 is 0. The highest BCUT2D eigenvalue weighted by atomic mass is 16.4. The van der Waals surface area contributed by atoms with Gasteiger partial charge >= 0.3 is 12.0 Å². The Kier molecular flexibility index (Phi) is 5.21. The first-order valence-electron chi connectivity index (χ1n) is 6.04. The molecule has 0 aromatic rings. The Morgan fingerprint density at radius 3 is 2.47 bits per heavy atom. The minimum Gasteiger partial charge on any atom is -0.481 e. The molecule has 0 bridgehead atoms. The van der Waals surface area contributed by atoms with Gasteiger partial charge in [0.2, 0.25) is 0 Å². The standard InChI is InChI=1S/C11H21N3O3/c1-3-14(9(2)8-10(15)16)11(17)13-6-4-12-5-7-13/h9,12H,3-8H2,1-2H3,(H,15,16). The van der Waals surface area contributed by atoms with Gasteiger partial charge in [-0.1, -0.05) is 0 Å². The van der Waals surface area contributed by atoms with Crippen molar-refractivity contribution in [3.05, 3.63) is 0 Å². The van der Waals surface area contributed by atoms with Gasteiger partial charge in [0.15, 0.2) is 0 Å². The monoisotopic (exact) mass is 243 g/mol. The van der Waals surface area contributed by atoms with E-state index in [0.29, 0.717) is 19.6 Å². The third-order valence-corrected chi connectivity index (χ3v) is 2.98. The van der Waals surface area contributed by atoms with E-state index in [9.17, 15) is 9.59 Å². The molecule has 0 aromatic heterocycles. The number of hydrogen-bond donors (Lipinski definition) is 2. The van der Waals surface area contributed by atoms with Crippen LogP contribution in [-0.2, 0) is 4.79 Å². The zero-order chi connectivity index (χ0) is 12.8.